The van der Waals surface area contributed by atoms with Crippen LogP contribution in [-0.4, -0.2) is 11.5 Å². The molecule has 3 heteroatoms. The molecule has 1 fully saturated rings. The van der Waals surface area contributed by atoms with Crippen LogP contribution in [0.2, 0.25) is 0 Å². The van der Waals surface area contributed by atoms with Crippen LogP contribution >= 0.6 is 0 Å². The van der Waals surface area contributed by atoms with Crippen molar-refractivity contribution in [2.24, 2.45) is 11.7 Å². The summed E-state index contributed by atoms with van der Waals surface area (Å²) in [6, 6.07) is 0. The van der Waals surface area contributed by atoms with Crippen LogP contribution in [0.3, 0.4) is 0 Å². The maximum atomic E-state index is 13.0. The van der Waals surface area contributed by atoms with E-state index in [-0.39, 0.29) is 6.42 Å². The van der Waals surface area contributed by atoms with Gasteiger partial charge in [0.15, 0.2) is 0 Å². The van der Waals surface area contributed by atoms with Gasteiger partial charge in [-0.15, -0.1) is 0 Å². The normalized spacial score (nSPS) is 22.4. The van der Waals surface area contributed by atoms with Crippen LogP contribution < -0.4 is 5.73 Å². The molecule has 0 bridgehead atoms. The zero-order chi connectivity index (χ0) is 8.70. The fraction of sp³-hybridized carbons (Fsp3) is 1.00. The van der Waals surface area contributed by atoms with Gasteiger partial charge in [0.1, 0.15) is 0 Å². The lowest BCUT2D eigenvalue weighted by molar-refractivity contribution is -0.0595. The fourth-order valence-corrected chi connectivity index (χ4v) is 1.01. The summed E-state index contributed by atoms with van der Waals surface area (Å²) < 4.78 is 26.0. The zero-order valence-corrected chi connectivity index (χ0v) is 7.03. The van der Waals surface area contributed by atoms with E-state index in [4.69, 9.17) is 5.73 Å². The summed E-state index contributed by atoms with van der Waals surface area (Å²) in [7, 11) is 0. The minimum atomic E-state index is -2.58. The van der Waals surface area contributed by atoms with Crippen molar-refractivity contribution in [3.63, 3.8) is 0 Å². The van der Waals surface area contributed by atoms with Gasteiger partial charge in [-0.25, -0.2) is 8.78 Å². The van der Waals surface area contributed by atoms with Crippen molar-refractivity contribution in [2.45, 2.75) is 44.6 Å². The zero-order valence-electron chi connectivity index (χ0n) is 7.03. The van der Waals surface area contributed by atoms with E-state index < -0.39 is 17.4 Å². The van der Waals surface area contributed by atoms with E-state index in [1.165, 1.54) is 13.8 Å². The maximum Gasteiger partial charge on any atom is 0.252 e. The number of hydrogen-bond acceptors (Lipinski definition) is 1. The van der Waals surface area contributed by atoms with Crippen LogP contribution in [0.1, 0.15) is 33.1 Å². The van der Waals surface area contributed by atoms with Crippen LogP contribution in [0.4, 0.5) is 8.78 Å². The van der Waals surface area contributed by atoms with Crippen molar-refractivity contribution in [3.05, 3.63) is 0 Å². The van der Waals surface area contributed by atoms with Crippen molar-refractivity contribution < 1.29 is 8.78 Å². The summed E-state index contributed by atoms with van der Waals surface area (Å²) in [6.07, 6.45) is 1.38. The molecule has 0 aromatic rings. The Kier molecular flexibility index (Phi) is 1.95. The van der Waals surface area contributed by atoms with Gasteiger partial charge in [0.05, 0.1) is 0 Å². The highest BCUT2D eigenvalue weighted by molar-refractivity contribution is 5.02. The van der Waals surface area contributed by atoms with Crippen LogP contribution in [-0.2, 0) is 0 Å². The molecule has 1 saturated carbocycles. The third kappa shape index (κ3) is 2.12. The number of hydrogen-bond donors (Lipinski definition) is 1. The first kappa shape index (κ1) is 8.91. The first-order valence-electron chi connectivity index (χ1n) is 4.02. The van der Waals surface area contributed by atoms with Gasteiger partial charge in [0.25, 0.3) is 5.92 Å². The van der Waals surface area contributed by atoms with E-state index in [9.17, 15) is 8.78 Å². The highest BCUT2D eigenvalue weighted by Crippen LogP contribution is 2.43. The lowest BCUT2D eigenvalue weighted by Crippen LogP contribution is -2.35. The van der Waals surface area contributed by atoms with E-state index in [2.05, 4.69) is 0 Å². The van der Waals surface area contributed by atoms with E-state index in [0.29, 0.717) is 0 Å². The molecule has 1 nitrogen and oxygen atoms in total. The van der Waals surface area contributed by atoms with Gasteiger partial charge >= 0.3 is 0 Å². The minimum absolute atomic E-state index is 0.141. The summed E-state index contributed by atoms with van der Waals surface area (Å²) in [5.74, 6) is -3.17. The van der Waals surface area contributed by atoms with E-state index in [1.54, 1.807) is 0 Å². The van der Waals surface area contributed by atoms with Crippen LogP contribution in [0.25, 0.3) is 0 Å². The van der Waals surface area contributed by atoms with Gasteiger partial charge in [-0.3, -0.25) is 0 Å². The Bertz CT molecular complexity index is 150. The number of nitrogens with two attached hydrogens (primary N) is 1. The fourth-order valence-electron chi connectivity index (χ4n) is 1.01. The largest absolute Gasteiger partial charge is 0.325 e. The summed E-state index contributed by atoms with van der Waals surface area (Å²) in [5, 5.41) is 0. The highest BCUT2D eigenvalue weighted by atomic mass is 19.3. The van der Waals surface area contributed by atoms with Gasteiger partial charge in [-0.05, 0) is 12.8 Å². The Labute approximate surface area is 66.0 Å². The molecule has 0 spiro atoms. The standard InChI is InChI=1S/C8H15F2N/c1-6(2)8(9,10)5-7(11)3-4-7/h6H,3-5,11H2,1-2H3. The highest BCUT2D eigenvalue weighted by Gasteiger charge is 2.48. The monoisotopic (exact) mass is 163 g/mol. The van der Waals surface area contributed by atoms with Gasteiger partial charge in [-0.2, -0.15) is 0 Å². The summed E-state index contributed by atoms with van der Waals surface area (Å²) >= 11 is 0. The molecule has 66 valence electrons. The molecule has 0 heterocycles. The summed E-state index contributed by atoms with van der Waals surface area (Å²) in [6.45, 7) is 3.07. The first-order chi connectivity index (χ1) is 4.86. The second-order valence-corrected chi connectivity index (χ2v) is 3.95. The van der Waals surface area contributed by atoms with Gasteiger partial charge < -0.3 is 5.73 Å². The van der Waals surface area contributed by atoms with Crippen LogP contribution in [0.15, 0.2) is 0 Å². The van der Waals surface area contributed by atoms with Gasteiger partial charge in [0.2, 0.25) is 0 Å². The molecule has 0 saturated heterocycles. The molecular formula is C8H15F2N. The topological polar surface area (TPSA) is 26.0 Å². The van der Waals surface area contributed by atoms with Crippen molar-refractivity contribution >= 4 is 0 Å². The second kappa shape index (κ2) is 2.41. The Morgan fingerprint density at radius 3 is 2.18 bits per heavy atom. The van der Waals surface area contributed by atoms with E-state index >= 15 is 0 Å². The first-order valence-corrected chi connectivity index (χ1v) is 4.02. The average Bonchev–Trinajstić information content (AvgIpc) is 2.45. The van der Waals surface area contributed by atoms with Crippen molar-refractivity contribution in [1.29, 1.82) is 0 Å². The second-order valence-electron chi connectivity index (χ2n) is 3.95. The van der Waals surface area contributed by atoms with Crippen LogP contribution in [0, 0.1) is 5.92 Å². The van der Waals surface area contributed by atoms with Gasteiger partial charge in [0, 0.05) is 17.9 Å². The molecule has 0 aromatic heterocycles. The predicted molar refractivity (Wildman–Crippen MR) is 40.6 cm³/mol. The minimum Gasteiger partial charge on any atom is -0.325 e. The quantitative estimate of drug-likeness (QED) is 0.677. The van der Waals surface area contributed by atoms with Gasteiger partial charge in [-0.1, -0.05) is 13.8 Å². The Hall–Kier alpha value is -0.180. The van der Waals surface area contributed by atoms with E-state index in [1.807, 2.05) is 0 Å². The molecule has 0 unspecified atom stereocenters. The lowest BCUT2D eigenvalue weighted by Gasteiger charge is -2.23. The SMILES string of the molecule is CC(C)C(F)(F)CC1(N)CC1. The molecule has 1 aliphatic carbocycles. The molecule has 0 aromatic carbocycles. The molecular weight excluding hydrogens is 148 g/mol. The molecule has 11 heavy (non-hydrogen) atoms. The predicted octanol–water partition coefficient (Wildman–Crippen LogP) is 2.16. The average molecular weight is 163 g/mol. The number of halogens is 2. The van der Waals surface area contributed by atoms with Crippen molar-refractivity contribution in [1.82, 2.24) is 0 Å². The Balaban J connectivity index is 2.46. The summed E-state index contributed by atoms with van der Waals surface area (Å²) in [4.78, 5) is 0. The molecule has 0 atom stereocenters. The molecule has 0 amide bonds. The molecule has 2 N–H and O–H groups in total. The Morgan fingerprint density at radius 1 is 1.45 bits per heavy atom. The lowest BCUT2D eigenvalue weighted by atomic mass is 9.98. The maximum absolute atomic E-state index is 13.0. The molecule has 1 aliphatic rings. The van der Waals surface area contributed by atoms with Crippen LogP contribution in [0.5, 0.6) is 0 Å². The van der Waals surface area contributed by atoms with Crippen molar-refractivity contribution in [3.8, 4) is 0 Å². The molecule has 0 radical (unpaired) electrons. The van der Waals surface area contributed by atoms with E-state index in [0.717, 1.165) is 12.8 Å². The third-order valence-electron chi connectivity index (χ3n) is 2.32. The van der Waals surface area contributed by atoms with Crippen molar-refractivity contribution in [2.75, 3.05) is 0 Å². The number of rotatable bonds is 3. The Morgan fingerprint density at radius 2 is 1.91 bits per heavy atom. The molecule has 0 aliphatic heterocycles. The molecule has 1 rings (SSSR count). The third-order valence-corrected chi connectivity index (χ3v) is 2.32. The number of alkyl halides is 2. The summed E-state index contributed by atoms with van der Waals surface area (Å²) in [5.41, 5.74) is 5.06. The smallest absolute Gasteiger partial charge is 0.252 e.